The third kappa shape index (κ3) is 3.69. The zero-order valence-corrected chi connectivity index (χ0v) is 8.44. The monoisotopic (exact) mass is 181 g/mol. The van der Waals surface area contributed by atoms with Crippen LogP contribution in [0, 0.1) is 0 Å². The second kappa shape index (κ2) is 3.84. The fraction of sp³-hybridized carbons (Fsp3) is 1.00. The second-order valence-corrected chi connectivity index (χ2v) is 5.64. The third-order valence-electron chi connectivity index (χ3n) is 1.26. The lowest BCUT2D eigenvalue weighted by atomic mass is 10.2. The van der Waals surface area contributed by atoms with Gasteiger partial charge in [-0.3, -0.25) is 0 Å². The fourth-order valence-corrected chi connectivity index (χ4v) is 2.25. The van der Waals surface area contributed by atoms with Crippen molar-refractivity contribution in [2.75, 3.05) is 13.1 Å². The molecule has 0 spiro atoms. The Kier molecular flexibility index (Phi) is 4.07. The van der Waals surface area contributed by atoms with Crippen LogP contribution in [0.3, 0.4) is 0 Å². The van der Waals surface area contributed by atoms with Gasteiger partial charge in [-0.1, -0.05) is 20.8 Å². The lowest BCUT2D eigenvalue weighted by Gasteiger charge is -2.32. The van der Waals surface area contributed by atoms with Crippen LogP contribution in [0.1, 0.15) is 20.8 Å². The molecule has 0 aliphatic carbocycles. The van der Waals surface area contributed by atoms with Crippen LogP contribution in [0.4, 0.5) is 0 Å². The van der Waals surface area contributed by atoms with E-state index in [1.54, 1.807) is 0 Å². The number of hydrogen-bond acceptors (Lipinski definition) is 2. The van der Waals surface area contributed by atoms with E-state index < -0.39 is 0 Å². The summed E-state index contributed by atoms with van der Waals surface area (Å²) < 4.78 is 0.451. The van der Waals surface area contributed by atoms with Gasteiger partial charge in [-0.05, 0) is 0 Å². The molecule has 1 rings (SSSR count). The standard InChI is InChI=1S/C7H15NS.ClH/c1-7(2,3)9-6-4-8-5-6;/h6,8H,4-5H2,1-3H3;1H. The Bertz CT molecular complexity index is 96.3. The van der Waals surface area contributed by atoms with Crippen molar-refractivity contribution >= 4 is 24.2 Å². The summed E-state index contributed by atoms with van der Waals surface area (Å²) in [6.07, 6.45) is 0. The van der Waals surface area contributed by atoms with E-state index >= 15 is 0 Å². The molecule has 1 N–H and O–H groups in total. The van der Waals surface area contributed by atoms with Gasteiger partial charge in [-0.2, -0.15) is 0 Å². The van der Waals surface area contributed by atoms with Crippen LogP contribution >= 0.6 is 24.2 Å². The van der Waals surface area contributed by atoms with Gasteiger partial charge < -0.3 is 5.32 Å². The molecule has 0 aromatic rings. The number of nitrogens with one attached hydrogen (secondary N) is 1. The van der Waals surface area contributed by atoms with Crippen LogP contribution in [0.15, 0.2) is 0 Å². The third-order valence-corrected chi connectivity index (χ3v) is 2.64. The first-order chi connectivity index (χ1) is 4.08. The molecular weight excluding hydrogens is 166 g/mol. The molecule has 0 saturated carbocycles. The maximum atomic E-state index is 3.26. The first kappa shape index (κ1) is 10.6. The van der Waals surface area contributed by atoms with E-state index in [1.807, 2.05) is 0 Å². The molecule has 1 nitrogen and oxygen atoms in total. The summed E-state index contributed by atoms with van der Waals surface area (Å²) in [6.45, 7) is 9.24. The highest BCUT2D eigenvalue weighted by molar-refractivity contribution is 8.01. The quantitative estimate of drug-likeness (QED) is 0.664. The van der Waals surface area contributed by atoms with Gasteiger partial charge in [0, 0.05) is 23.1 Å². The van der Waals surface area contributed by atoms with Gasteiger partial charge in [-0.25, -0.2) is 0 Å². The molecule has 0 bridgehead atoms. The van der Waals surface area contributed by atoms with E-state index in [2.05, 4.69) is 37.8 Å². The van der Waals surface area contributed by atoms with E-state index in [4.69, 9.17) is 0 Å². The molecule has 1 heterocycles. The molecule has 0 unspecified atom stereocenters. The van der Waals surface area contributed by atoms with Crippen molar-refractivity contribution in [3.05, 3.63) is 0 Å². The summed E-state index contributed by atoms with van der Waals surface area (Å²) in [7, 11) is 0. The average Bonchev–Trinajstić information content (AvgIpc) is 1.53. The molecule has 1 aliphatic rings. The van der Waals surface area contributed by atoms with Gasteiger partial charge in [0.15, 0.2) is 0 Å². The van der Waals surface area contributed by atoms with Gasteiger partial charge >= 0.3 is 0 Å². The van der Waals surface area contributed by atoms with Crippen molar-refractivity contribution in [3.8, 4) is 0 Å². The molecule has 62 valence electrons. The number of halogens is 1. The number of rotatable bonds is 1. The first-order valence-corrected chi connectivity index (χ1v) is 4.34. The van der Waals surface area contributed by atoms with Crippen LogP contribution in [-0.2, 0) is 0 Å². The molecule has 0 amide bonds. The zero-order valence-electron chi connectivity index (χ0n) is 6.81. The Hall–Kier alpha value is 0.600. The summed E-state index contributed by atoms with van der Waals surface area (Å²) in [4.78, 5) is 0. The van der Waals surface area contributed by atoms with Crippen molar-refractivity contribution in [2.24, 2.45) is 0 Å². The Labute approximate surface area is 73.7 Å². The van der Waals surface area contributed by atoms with Crippen LogP contribution in [0.2, 0.25) is 0 Å². The van der Waals surface area contributed by atoms with E-state index in [1.165, 1.54) is 13.1 Å². The fourth-order valence-electron chi connectivity index (χ4n) is 0.846. The topological polar surface area (TPSA) is 12.0 Å². The molecule has 1 aliphatic heterocycles. The van der Waals surface area contributed by atoms with Crippen molar-refractivity contribution in [2.45, 2.75) is 30.8 Å². The van der Waals surface area contributed by atoms with E-state index in [-0.39, 0.29) is 12.4 Å². The van der Waals surface area contributed by atoms with Gasteiger partial charge in [0.2, 0.25) is 0 Å². The molecule has 1 saturated heterocycles. The van der Waals surface area contributed by atoms with E-state index in [0.717, 1.165) is 5.25 Å². The van der Waals surface area contributed by atoms with Crippen molar-refractivity contribution in [3.63, 3.8) is 0 Å². The van der Waals surface area contributed by atoms with Gasteiger partial charge in [0.25, 0.3) is 0 Å². The van der Waals surface area contributed by atoms with Crippen LogP contribution in [0.25, 0.3) is 0 Å². The van der Waals surface area contributed by atoms with Gasteiger partial charge in [0.1, 0.15) is 0 Å². The maximum absolute atomic E-state index is 3.26. The van der Waals surface area contributed by atoms with Crippen molar-refractivity contribution in [1.29, 1.82) is 0 Å². The number of hydrogen-bond donors (Lipinski definition) is 1. The molecular formula is C7H16ClNS. The summed E-state index contributed by atoms with van der Waals surface area (Å²) in [5, 5.41) is 4.14. The van der Waals surface area contributed by atoms with Gasteiger partial charge in [0.05, 0.1) is 0 Å². The summed E-state index contributed by atoms with van der Waals surface area (Å²) in [5.74, 6) is 0. The highest BCUT2D eigenvalue weighted by Gasteiger charge is 2.23. The Morgan fingerprint density at radius 3 is 1.90 bits per heavy atom. The van der Waals surface area contributed by atoms with E-state index in [0.29, 0.717) is 4.75 Å². The summed E-state index contributed by atoms with van der Waals surface area (Å²) in [6, 6.07) is 0. The Balaban J connectivity index is 0.000000810. The Morgan fingerprint density at radius 1 is 1.30 bits per heavy atom. The molecule has 3 heteroatoms. The highest BCUT2D eigenvalue weighted by Crippen LogP contribution is 2.29. The number of thioether (sulfide) groups is 1. The lowest BCUT2D eigenvalue weighted by Crippen LogP contribution is -2.46. The van der Waals surface area contributed by atoms with Gasteiger partial charge in [-0.15, -0.1) is 24.2 Å². The van der Waals surface area contributed by atoms with Crippen LogP contribution in [-0.4, -0.2) is 23.1 Å². The normalized spacial score (nSPS) is 19.5. The summed E-state index contributed by atoms with van der Waals surface area (Å²) >= 11 is 2.08. The first-order valence-electron chi connectivity index (χ1n) is 3.46. The average molecular weight is 182 g/mol. The predicted octanol–water partition coefficient (Wildman–Crippen LogP) is 1.91. The minimum absolute atomic E-state index is 0. The Morgan fingerprint density at radius 2 is 1.80 bits per heavy atom. The smallest absolute Gasteiger partial charge is 0.0302 e. The van der Waals surface area contributed by atoms with E-state index in [9.17, 15) is 0 Å². The van der Waals surface area contributed by atoms with Crippen LogP contribution < -0.4 is 5.32 Å². The molecule has 1 fully saturated rings. The predicted molar refractivity (Wildman–Crippen MR) is 51.2 cm³/mol. The largest absolute Gasteiger partial charge is 0.314 e. The van der Waals surface area contributed by atoms with Crippen LogP contribution in [0.5, 0.6) is 0 Å². The van der Waals surface area contributed by atoms with Crippen molar-refractivity contribution < 1.29 is 0 Å². The molecule has 0 aromatic heterocycles. The van der Waals surface area contributed by atoms with Crippen molar-refractivity contribution in [1.82, 2.24) is 5.32 Å². The molecule has 10 heavy (non-hydrogen) atoms. The SMILES string of the molecule is CC(C)(C)SC1CNC1.Cl. The zero-order chi connectivity index (χ0) is 6.91. The highest BCUT2D eigenvalue weighted by atomic mass is 35.5. The summed E-state index contributed by atoms with van der Waals surface area (Å²) in [5.41, 5.74) is 0. The minimum Gasteiger partial charge on any atom is -0.314 e. The molecule has 0 atom stereocenters. The lowest BCUT2D eigenvalue weighted by molar-refractivity contribution is 0.538. The maximum Gasteiger partial charge on any atom is 0.0302 e. The minimum atomic E-state index is 0. The molecule has 0 radical (unpaired) electrons. The second-order valence-electron chi connectivity index (χ2n) is 3.51. The molecule has 0 aromatic carbocycles.